The molecule has 0 fully saturated rings. The molecule has 0 rings (SSSR count). The first kappa shape index (κ1) is 5.40. The summed E-state index contributed by atoms with van der Waals surface area (Å²) in [4.78, 5) is 0. The van der Waals surface area contributed by atoms with Gasteiger partial charge in [-0.05, 0) is 0 Å². The van der Waals surface area contributed by atoms with Crippen LogP contribution in [0.25, 0.3) is 0 Å². The van der Waals surface area contributed by atoms with E-state index in [9.17, 15) is 0 Å². The molecule has 0 saturated heterocycles. The first-order valence-electron chi connectivity index (χ1n) is 1.34. The normalized spacial score (nSPS) is 9.60. The van der Waals surface area contributed by atoms with Crippen LogP contribution in [0.15, 0.2) is 0 Å². The summed E-state index contributed by atoms with van der Waals surface area (Å²) < 4.78 is 0. The summed E-state index contributed by atoms with van der Waals surface area (Å²) in [6, 6.07) is 0. The van der Waals surface area contributed by atoms with Gasteiger partial charge in [0.2, 0.25) is 0 Å². The van der Waals surface area contributed by atoms with Gasteiger partial charge in [-0.3, -0.25) is 0 Å². The Balaban J connectivity index is 2.54. The first-order chi connectivity index (χ1) is 2.27. The van der Waals surface area contributed by atoms with Gasteiger partial charge in [0.05, 0.1) is 6.17 Å². The van der Waals surface area contributed by atoms with Gasteiger partial charge >= 0.3 is 0 Å². The number of hydrogen-bond donors (Lipinski definition) is 2. The highest BCUT2D eigenvalue weighted by Gasteiger charge is 1.81. The van der Waals surface area contributed by atoms with Crippen LogP contribution < -0.4 is 11.5 Å². The van der Waals surface area contributed by atoms with Crippen molar-refractivity contribution in [1.82, 2.24) is 0 Å². The number of hydrogen-bond acceptors (Lipinski definition) is 2. The molecule has 0 aliphatic carbocycles. The van der Waals surface area contributed by atoms with E-state index in [-0.39, 0.29) is 6.17 Å². The zero-order valence-electron chi connectivity index (χ0n) is 2.82. The molecule has 0 atom stereocenters. The zero-order chi connectivity index (χ0) is 4.28. The molecule has 0 amide bonds. The molecule has 0 saturated carbocycles. The van der Waals surface area contributed by atoms with Crippen LogP contribution in [0.2, 0.25) is 0 Å². The van der Waals surface area contributed by atoms with Crippen LogP contribution in [0.3, 0.4) is 0 Å². The van der Waals surface area contributed by atoms with Crippen LogP contribution in [0.5, 0.6) is 0 Å². The molecular weight excluding hydrogens is 132 g/mol. The van der Waals surface area contributed by atoms with Crippen molar-refractivity contribution in [2.24, 2.45) is 11.5 Å². The van der Waals surface area contributed by atoms with Gasteiger partial charge in [-0.25, -0.2) is 0 Å². The average molecular weight is 139 g/mol. The third-order valence-electron chi connectivity index (χ3n) is 0.178. The Kier molecular flexibility index (Phi) is 2.84. The molecule has 5 heavy (non-hydrogen) atoms. The van der Waals surface area contributed by atoms with Gasteiger partial charge in [0, 0.05) is 5.33 Å². The topological polar surface area (TPSA) is 52.0 Å². The third-order valence-corrected chi connectivity index (χ3v) is 0.926. The van der Waals surface area contributed by atoms with Crippen molar-refractivity contribution in [2.45, 2.75) is 6.17 Å². The Morgan fingerprint density at radius 2 is 1.80 bits per heavy atom. The van der Waals surface area contributed by atoms with E-state index in [4.69, 9.17) is 11.5 Å². The molecule has 0 unspecified atom stereocenters. The van der Waals surface area contributed by atoms with E-state index in [1.165, 1.54) is 0 Å². The summed E-state index contributed by atoms with van der Waals surface area (Å²) in [5.41, 5.74) is 10.0. The number of alkyl halides is 1. The van der Waals surface area contributed by atoms with Gasteiger partial charge in [0.25, 0.3) is 0 Å². The summed E-state index contributed by atoms with van der Waals surface area (Å²) in [5, 5.41) is 0.674. The lowest BCUT2D eigenvalue weighted by Gasteiger charge is -1.91. The van der Waals surface area contributed by atoms with Gasteiger partial charge in [0.15, 0.2) is 0 Å². The minimum absolute atomic E-state index is 0.199. The molecule has 32 valence electrons. The zero-order valence-corrected chi connectivity index (χ0v) is 4.40. The fraction of sp³-hybridized carbons (Fsp3) is 1.00. The van der Waals surface area contributed by atoms with Crippen molar-refractivity contribution in [3.8, 4) is 0 Å². The minimum Gasteiger partial charge on any atom is -0.315 e. The van der Waals surface area contributed by atoms with E-state index in [1.807, 2.05) is 0 Å². The highest BCUT2D eigenvalue weighted by molar-refractivity contribution is 9.09. The maximum absolute atomic E-state index is 5.02. The second-order valence-corrected chi connectivity index (χ2v) is 1.47. The smallest absolute Gasteiger partial charge is 0.0620 e. The van der Waals surface area contributed by atoms with E-state index in [0.29, 0.717) is 5.33 Å². The largest absolute Gasteiger partial charge is 0.315 e. The Labute approximate surface area is 39.7 Å². The number of rotatable bonds is 1. The molecule has 4 N–H and O–H groups in total. The van der Waals surface area contributed by atoms with Crippen LogP contribution in [0, 0.1) is 0 Å². The SMILES string of the molecule is NC(N)CBr. The molecule has 0 heterocycles. The average Bonchev–Trinajstić information content (AvgIpc) is 1.38. The van der Waals surface area contributed by atoms with Crippen molar-refractivity contribution < 1.29 is 0 Å². The van der Waals surface area contributed by atoms with Crippen LogP contribution >= 0.6 is 15.9 Å². The summed E-state index contributed by atoms with van der Waals surface area (Å²) >= 11 is 3.06. The molecule has 0 bridgehead atoms. The van der Waals surface area contributed by atoms with E-state index in [1.54, 1.807) is 0 Å². The van der Waals surface area contributed by atoms with Gasteiger partial charge in [0.1, 0.15) is 0 Å². The van der Waals surface area contributed by atoms with Crippen molar-refractivity contribution in [3.63, 3.8) is 0 Å². The molecule has 0 aliphatic rings. The fourth-order valence-electron chi connectivity index (χ4n) is 0. The molecule has 0 aromatic heterocycles. The number of halogens is 1. The fourth-order valence-corrected chi connectivity index (χ4v) is 0. The lowest BCUT2D eigenvalue weighted by molar-refractivity contribution is 0.808. The molecule has 0 spiro atoms. The second kappa shape index (κ2) is 2.63. The first-order valence-corrected chi connectivity index (χ1v) is 2.46. The Morgan fingerprint density at radius 3 is 1.80 bits per heavy atom. The maximum atomic E-state index is 5.02. The standard InChI is InChI=1S/C2H7BrN2/c3-1-2(4)5/h2H,1,4-5H2. The summed E-state index contributed by atoms with van der Waals surface area (Å²) in [5.74, 6) is 0. The second-order valence-electron chi connectivity index (χ2n) is 0.818. The van der Waals surface area contributed by atoms with Crippen LogP contribution in [-0.4, -0.2) is 11.5 Å². The van der Waals surface area contributed by atoms with Crippen molar-refractivity contribution in [3.05, 3.63) is 0 Å². The van der Waals surface area contributed by atoms with E-state index >= 15 is 0 Å². The van der Waals surface area contributed by atoms with E-state index in [0.717, 1.165) is 0 Å². The van der Waals surface area contributed by atoms with Crippen molar-refractivity contribution >= 4 is 15.9 Å². The molecule has 3 heteroatoms. The van der Waals surface area contributed by atoms with Crippen molar-refractivity contribution in [1.29, 1.82) is 0 Å². The molecule has 0 aromatic carbocycles. The molecule has 2 nitrogen and oxygen atoms in total. The third kappa shape index (κ3) is 4.40. The Bertz CT molecular complexity index is 21.6. The number of nitrogens with two attached hydrogens (primary N) is 2. The van der Waals surface area contributed by atoms with Crippen LogP contribution in [0.4, 0.5) is 0 Å². The predicted octanol–water partition coefficient (Wildman–Crippen LogP) is -0.375. The predicted molar refractivity (Wildman–Crippen MR) is 26.0 cm³/mol. The van der Waals surface area contributed by atoms with Gasteiger partial charge in [-0.2, -0.15) is 0 Å². The van der Waals surface area contributed by atoms with E-state index in [2.05, 4.69) is 15.9 Å². The van der Waals surface area contributed by atoms with Gasteiger partial charge in [-0.1, -0.05) is 15.9 Å². The van der Waals surface area contributed by atoms with Gasteiger partial charge < -0.3 is 11.5 Å². The molecule has 0 aromatic rings. The van der Waals surface area contributed by atoms with Gasteiger partial charge in [-0.15, -0.1) is 0 Å². The van der Waals surface area contributed by atoms with Crippen LogP contribution in [-0.2, 0) is 0 Å². The quantitative estimate of drug-likeness (QED) is 0.384. The minimum atomic E-state index is -0.199. The highest BCUT2D eigenvalue weighted by atomic mass is 79.9. The Hall–Kier alpha value is 0.400. The molecular formula is C2H7BrN2. The summed E-state index contributed by atoms with van der Waals surface area (Å²) in [7, 11) is 0. The lowest BCUT2D eigenvalue weighted by atomic mass is 10.7. The van der Waals surface area contributed by atoms with E-state index < -0.39 is 0 Å². The lowest BCUT2D eigenvalue weighted by Crippen LogP contribution is -2.31. The maximum Gasteiger partial charge on any atom is 0.0620 e. The molecule has 0 aliphatic heterocycles. The molecule has 0 radical (unpaired) electrons. The Morgan fingerprint density at radius 1 is 1.60 bits per heavy atom. The highest BCUT2D eigenvalue weighted by Crippen LogP contribution is 1.74. The van der Waals surface area contributed by atoms with Crippen LogP contribution in [0.1, 0.15) is 0 Å². The summed E-state index contributed by atoms with van der Waals surface area (Å²) in [6.45, 7) is 0. The van der Waals surface area contributed by atoms with Crippen molar-refractivity contribution in [2.75, 3.05) is 5.33 Å². The monoisotopic (exact) mass is 138 g/mol. The summed E-state index contributed by atoms with van der Waals surface area (Å²) in [6.07, 6.45) is -0.199.